The van der Waals surface area contributed by atoms with Crippen molar-refractivity contribution in [2.75, 3.05) is 0 Å². The fourth-order valence-corrected chi connectivity index (χ4v) is 3.19. The van der Waals surface area contributed by atoms with Crippen molar-refractivity contribution in [2.45, 2.75) is 6.18 Å². The lowest BCUT2D eigenvalue weighted by Crippen LogP contribution is -2.12. The molecule has 0 radical (unpaired) electrons. The number of benzene rings is 2. The molecule has 0 fully saturated rings. The minimum absolute atomic E-state index is 0.0263. The van der Waals surface area contributed by atoms with Gasteiger partial charge in [-0.1, -0.05) is 60.7 Å². The van der Waals surface area contributed by atoms with Gasteiger partial charge >= 0.3 is 6.18 Å². The van der Waals surface area contributed by atoms with Gasteiger partial charge in [-0.25, -0.2) is 9.97 Å². The van der Waals surface area contributed by atoms with Crippen LogP contribution in [0.25, 0.3) is 33.4 Å². The standard InChI is InChI=1S/C22H12F3N3/c23-22(24,25)19-18(15-7-3-1-4-8-15)17-11-14(12-26)13-27-21(17)28-20(19)16-9-5-2-6-10-16/h1-11,13H. The number of hydrogen-bond donors (Lipinski definition) is 0. The van der Waals surface area contributed by atoms with E-state index in [9.17, 15) is 18.4 Å². The van der Waals surface area contributed by atoms with Crippen LogP contribution in [0, 0.1) is 11.3 Å². The minimum atomic E-state index is -4.65. The summed E-state index contributed by atoms with van der Waals surface area (Å²) < 4.78 is 42.8. The Labute approximate surface area is 158 Å². The molecule has 28 heavy (non-hydrogen) atoms. The molecule has 0 atom stereocenters. The van der Waals surface area contributed by atoms with E-state index in [2.05, 4.69) is 9.97 Å². The van der Waals surface area contributed by atoms with Gasteiger partial charge in [-0.3, -0.25) is 0 Å². The monoisotopic (exact) mass is 375 g/mol. The van der Waals surface area contributed by atoms with Crippen LogP contribution < -0.4 is 0 Å². The average molecular weight is 375 g/mol. The summed E-state index contributed by atoms with van der Waals surface area (Å²) in [6.07, 6.45) is -3.34. The Morgan fingerprint density at radius 2 is 1.46 bits per heavy atom. The van der Waals surface area contributed by atoms with E-state index in [-0.39, 0.29) is 27.9 Å². The van der Waals surface area contributed by atoms with E-state index in [1.54, 1.807) is 60.7 Å². The normalized spacial score (nSPS) is 11.4. The fourth-order valence-electron chi connectivity index (χ4n) is 3.19. The summed E-state index contributed by atoms with van der Waals surface area (Å²) >= 11 is 0. The van der Waals surface area contributed by atoms with Gasteiger partial charge in [0.05, 0.1) is 16.8 Å². The Bertz CT molecular complexity index is 1200. The van der Waals surface area contributed by atoms with E-state index in [4.69, 9.17) is 0 Å². The molecule has 136 valence electrons. The number of hydrogen-bond acceptors (Lipinski definition) is 3. The van der Waals surface area contributed by atoms with Crippen LogP contribution in [0.1, 0.15) is 11.1 Å². The van der Waals surface area contributed by atoms with E-state index in [0.717, 1.165) is 0 Å². The second-order valence-corrected chi connectivity index (χ2v) is 6.15. The lowest BCUT2D eigenvalue weighted by Gasteiger charge is -2.19. The van der Waals surface area contributed by atoms with Gasteiger partial charge in [0.25, 0.3) is 0 Å². The summed E-state index contributed by atoms with van der Waals surface area (Å²) in [5.41, 5.74) is 0.0145. The van der Waals surface area contributed by atoms with Gasteiger partial charge in [0.1, 0.15) is 6.07 Å². The van der Waals surface area contributed by atoms with E-state index in [1.807, 2.05) is 6.07 Å². The minimum Gasteiger partial charge on any atom is -0.235 e. The molecule has 4 rings (SSSR count). The van der Waals surface area contributed by atoms with Crippen LogP contribution in [0.4, 0.5) is 13.2 Å². The van der Waals surface area contributed by atoms with Crippen molar-refractivity contribution < 1.29 is 13.2 Å². The molecule has 0 unspecified atom stereocenters. The van der Waals surface area contributed by atoms with E-state index < -0.39 is 11.7 Å². The first kappa shape index (κ1) is 17.7. The zero-order valence-corrected chi connectivity index (χ0v) is 14.4. The van der Waals surface area contributed by atoms with Gasteiger partial charge in [0, 0.05) is 22.7 Å². The summed E-state index contributed by atoms with van der Waals surface area (Å²) in [6.45, 7) is 0. The smallest absolute Gasteiger partial charge is 0.235 e. The molecule has 0 saturated carbocycles. The van der Waals surface area contributed by atoms with Gasteiger partial charge in [-0.15, -0.1) is 0 Å². The van der Waals surface area contributed by atoms with Gasteiger partial charge in [-0.05, 0) is 11.6 Å². The predicted octanol–water partition coefficient (Wildman–Crippen LogP) is 5.85. The van der Waals surface area contributed by atoms with Crippen LogP contribution in [-0.4, -0.2) is 9.97 Å². The van der Waals surface area contributed by atoms with Crippen LogP contribution in [0.2, 0.25) is 0 Å². The summed E-state index contributed by atoms with van der Waals surface area (Å²) in [5.74, 6) is 0. The first-order chi connectivity index (χ1) is 13.5. The first-order valence-electron chi connectivity index (χ1n) is 8.41. The highest BCUT2D eigenvalue weighted by Gasteiger charge is 2.39. The van der Waals surface area contributed by atoms with Crippen molar-refractivity contribution in [1.82, 2.24) is 9.97 Å². The third-order valence-electron chi connectivity index (χ3n) is 4.36. The summed E-state index contributed by atoms with van der Waals surface area (Å²) in [4.78, 5) is 8.38. The summed E-state index contributed by atoms with van der Waals surface area (Å²) in [7, 11) is 0. The number of pyridine rings is 2. The van der Waals surface area contributed by atoms with Crippen LogP contribution in [-0.2, 0) is 6.18 Å². The molecule has 0 N–H and O–H groups in total. The molecule has 2 aromatic carbocycles. The topological polar surface area (TPSA) is 49.6 Å². The fraction of sp³-hybridized carbons (Fsp3) is 0.0455. The second-order valence-electron chi connectivity index (χ2n) is 6.15. The third kappa shape index (κ3) is 3.08. The maximum atomic E-state index is 14.3. The van der Waals surface area contributed by atoms with Crippen molar-refractivity contribution in [2.24, 2.45) is 0 Å². The van der Waals surface area contributed by atoms with Gasteiger partial charge in [-0.2, -0.15) is 18.4 Å². The molecule has 0 aliphatic heterocycles. The summed E-state index contributed by atoms with van der Waals surface area (Å²) in [5, 5.41) is 9.38. The lowest BCUT2D eigenvalue weighted by atomic mass is 9.92. The number of fused-ring (bicyclic) bond motifs is 1. The van der Waals surface area contributed by atoms with Gasteiger partial charge in [0.15, 0.2) is 5.65 Å². The Morgan fingerprint density at radius 3 is 2.04 bits per heavy atom. The highest BCUT2D eigenvalue weighted by Crippen LogP contribution is 2.45. The van der Waals surface area contributed by atoms with Gasteiger partial charge < -0.3 is 0 Å². The van der Waals surface area contributed by atoms with E-state index >= 15 is 0 Å². The SMILES string of the molecule is N#Cc1cnc2nc(-c3ccccc3)c(C(F)(F)F)c(-c3ccccc3)c2c1. The summed E-state index contributed by atoms with van der Waals surface area (Å²) in [6, 6.07) is 19.9. The number of halogens is 3. The molecule has 4 aromatic rings. The number of alkyl halides is 3. The van der Waals surface area contributed by atoms with Gasteiger partial charge in [0.2, 0.25) is 0 Å². The molecule has 2 heterocycles. The van der Waals surface area contributed by atoms with E-state index in [0.29, 0.717) is 11.1 Å². The number of nitrogens with zero attached hydrogens (tertiary/aromatic N) is 3. The molecule has 0 bridgehead atoms. The maximum Gasteiger partial charge on any atom is 0.419 e. The van der Waals surface area contributed by atoms with Crippen molar-refractivity contribution in [3.8, 4) is 28.5 Å². The zero-order valence-electron chi connectivity index (χ0n) is 14.4. The first-order valence-corrected chi connectivity index (χ1v) is 8.41. The Morgan fingerprint density at radius 1 is 0.857 bits per heavy atom. The van der Waals surface area contributed by atoms with Crippen LogP contribution in [0.3, 0.4) is 0 Å². The number of aromatic nitrogens is 2. The second kappa shape index (κ2) is 6.78. The molecule has 3 nitrogen and oxygen atoms in total. The van der Waals surface area contributed by atoms with Crippen molar-refractivity contribution in [1.29, 1.82) is 5.26 Å². The van der Waals surface area contributed by atoms with Crippen molar-refractivity contribution in [3.05, 3.63) is 84.1 Å². The quantitative estimate of drug-likeness (QED) is 0.441. The van der Waals surface area contributed by atoms with Crippen LogP contribution >= 0.6 is 0 Å². The highest BCUT2D eigenvalue weighted by atomic mass is 19.4. The third-order valence-corrected chi connectivity index (χ3v) is 4.36. The average Bonchev–Trinajstić information content (AvgIpc) is 2.72. The zero-order chi connectivity index (χ0) is 19.7. The molecule has 0 aliphatic carbocycles. The van der Waals surface area contributed by atoms with Crippen molar-refractivity contribution >= 4 is 11.0 Å². The molecular weight excluding hydrogens is 363 g/mol. The largest absolute Gasteiger partial charge is 0.419 e. The Kier molecular flexibility index (Phi) is 4.28. The Hall–Kier alpha value is -3.72. The molecule has 0 amide bonds. The number of rotatable bonds is 2. The van der Waals surface area contributed by atoms with Crippen LogP contribution in [0.15, 0.2) is 72.9 Å². The Balaban J connectivity index is 2.22. The molecule has 0 aliphatic rings. The predicted molar refractivity (Wildman–Crippen MR) is 100 cm³/mol. The molecule has 6 heteroatoms. The highest BCUT2D eigenvalue weighted by molar-refractivity contribution is 5.98. The molecule has 0 saturated heterocycles. The maximum absolute atomic E-state index is 14.3. The molecule has 2 aromatic heterocycles. The van der Waals surface area contributed by atoms with E-state index in [1.165, 1.54) is 12.3 Å². The molecular formula is C22H12F3N3. The van der Waals surface area contributed by atoms with Crippen LogP contribution in [0.5, 0.6) is 0 Å². The molecule has 0 spiro atoms. The lowest BCUT2D eigenvalue weighted by molar-refractivity contribution is -0.136. The number of nitriles is 1. The van der Waals surface area contributed by atoms with Crippen molar-refractivity contribution in [3.63, 3.8) is 0 Å².